The van der Waals surface area contributed by atoms with Gasteiger partial charge in [0.15, 0.2) is 11.4 Å². The maximum absolute atomic E-state index is 11.6. The molecule has 0 aliphatic carbocycles. The fourth-order valence-electron chi connectivity index (χ4n) is 1.92. The third-order valence-corrected chi connectivity index (χ3v) is 2.84. The molecule has 2 aromatic heterocycles. The zero-order valence-corrected chi connectivity index (χ0v) is 11.4. The van der Waals surface area contributed by atoms with Crippen LogP contribution in [0.4, 0.5) is 4.79 Å². The minimum Gasteiger partial charge on any atom is -0.453 e. The quantitative estimate of drug-likeness (QED) is 0.658. The number of hydrogen-bond acceptors (Lipinski definition) is 5. The lowest BCUT2D eigenvalue weighted by Gasteiger charge is -2.04. The minimum atomic E-state index is -0.460. The van der Waals surface area contributed by atoms with Gasteiger partial charge in [-0.3, -0.25) is 4.79 Å². The number of hydrogen-bond donors (Lipinski definition) is 1. The standard InChI is InChI=1S/C13H16N4O3/c1-9(18)11-10-5-3-6-14-12(10)17(16-11)8-4-7-15-13(19)20-2/h3,5-6H,4,7-8H2,1-2H3,(H,15,19). The number of carbonyl (C=O) groups is 2. The molecule has 0 aliphatic heterocycles. The highest BCUT2D eigenvalue weighted by atomic mass is 16.5. The van der Waals surface area contributed by atoms with Gasteiger partial charge >= 0.3 is 6.09 Å². The Kier molecular flexibility index (Phi) is 4.29. The van der Waals surface area contributed by atoms with Gasteiger partial charge in [-0.2, -0.15) is 5.10 Å². The van der Waals surface area contributed by atoms with Gasteiger partial charge in [0.2, 0.25) is 0 Å². The number of aryl methyl sites for hydroxylation is 1. The van der Waals surface area contributed by atoms with E-state index in [1.807, 2.05) is 6.07 Å². The number of fused-ring (bicyclic) bond motifs is 1. The van der Waals surface area contributed by atoms with Crippen LogP contribution in [0.1, 0.15) is 23.8 Å². The maximum Gasteiger partial charge on any atom is 0.406 e. The molecule has 0 saturated carbocycles. The van der Waals surface area contributed by atoms with E-state index in [0.717, 1.165) is 5.39 Å². The predicted molar refractivity (Wildman–Crippen MR) is 72.6 cm³/mol. The Morgan fingerprint density at radius 3 is 2.95 bits per heavy atom. The van der Waals surface area contributed by atoms with E-state index in [2.05, 4.69) is 20.1 Å². The third-order valence-electron chi connectivity index (χ3n) is 2.84. The van der Waals surface area contributed by atoms with E-state index < -0.39 is 6.09 Å². The van der Waals surface area contributed by atoms with Gasteiger partial charge in [0.1, 0.15) is 5.69 Å². The summed E-state index contributed by atoms with van der Waals surface area (Å²) in [6, 6.07) is 3.61. The largest absolute Gasteiger partial charge is 0.453 e. The smallest absolute Gasteiger partial charge is 0.406 e. The highest BCUT2D eigenvalue weighted by molar-refractivity contribution is 6.03. The molecule has 0 saturated heterocycles. The van der Waals surface area contributed by atoms with Gasteiger partial charge in [-0.05, 0) is 18.6 Å². The second-order valence-corrected chi connectivity index (χ2v) is 4.27. The van der Waals surface area contributed by atoms with Crippen LogP contribution in [0.3, 0.4) is 0 Å². The van der Waals surface area contributed by atoms with Crippen LogP contribution < -0.4 is 5.32 Å². The summed E-state index contributed by atoms with van der Waals surface area (Å²) in [5.74, 6) is -0.0885. The zero-order valence-electron chi connectivity index (χ0n) is 11.4. The maximum atomic E-state index is 11.6. The Morgan fingerprint density at radius 2 is 2.25 bits per heavy atom. The van der Waals surface area contributed by atoms with Gasteiger partial charge in [0, 0.05) is 26.2 Å². The number of methoxy groups -OCH3 is 1. The summed E-state index contributed by atoms with van der Waals surface area (Å²) in [7, 11) is 1.32. The first kappa shape index (κ1) is 14.0. The number of nitrogens with zero attached hydrogens (tertiary/aromatic N) is 3. The van der Waals surface area contributed by atoms with E-state index >= 15 is 0 Å². The number of amides is 1. The Bertz CT molecular complexity index is 636. The summed E-state index contributed by atoms with van der Waals surface area (Å²) in [4.78, 5) is 26.7. The summed E-state index contributed by atoms with van der Waals surface area (Å²) >= 11 is 0. The van der Waals surface area contributed by atoms with E-state index in [-0.39, 0.29) is 5.78 Å². The molecule has 0 aromatic carbocycles. The van der Waals surface area contributed by atoms with Crippen molar-refractivity contribution in [3.05, 3.63) is 24.0 Å². The lowest BCUT2D eigenvalue weighted by molar-refractivity contribution is 0.101. The first-order valence-corrected chi connectivity index (χ1v) is 6.27. The van der Waals surface area contributed by atoms with Crippen molar-refractivity contribution in [2.45, 2.75) is 19.9 Å². The lowest BCUT2D eigenvalue weighted by Crippen LogP contribution is -2.25. The van der Waals surface area contributed by atoms with E-state index in [1.165, 1.54) is 14.0 Å². The molecule has 0 fully saturated rings. The molecule has 0 bridgehead atoms. The van der Waals surface area contributed by atoms with Crippen molar-refractivity contribution >= 4 is 22.9 Å². The Hall–Kier alpha value is -2.44. The normalized spacial score (nSPS) is 10.5. The summed E-state index contributed by atoms with van der Waals surface area (Å²) in [5.41, 5.74) is 1.10. The molecular formula is C13H16N4O3. The predicted octanol–water partition coefficient (Wildman–Crippen LogP) is 1.38. The molecule has 2 heterocycles. The number of ketones is 1. The van der Waals surface area contributed by atoms with Crippen LogP contribution in [0.5, 0.6) is 0 Å². The summed E-state index contributed by atoms with van der Waals surface area (Å²) in [5, 5.41) is 7.63. The van der Waals surface area contributed by atoms with Gasteiger partial charge in [0.05, 0.1) is 12.5 Å². The zero-order chi connectivity index (χ0) is 14.5. The molecule has 0 aliphatic rings. The van der Waals surface area contributed by atoms with Crippen LogP contribution in [-0.4, -0.2) is 40.3 Å². The van der Waals surface area contributed by atoms with Crippen LogP contribution in [0.25, 0.3) is 11.0 Å². The summed E-state index contributed by atoms with van der Waals surface area (Å²) in [6.45, 7) is 2.51. The Balaban J connectivity index is 2.10. The number of pyridine rings is 1. The summed E-state index contributed by atoms with van der Waals surface area (Å²) in [6.07, 6.45) is 1.87. The Morgan fingerprint density at radius 1 is 1.45 bits per heavy atom. The highest BCUT2D eigenvalue weighted by Gasteiger charge is 2.14. The van der Waals surface area contributed by atoms with E-state index in [4.69, 9.17) is 0 Å². The number of nitrogens with one attached hydrogen (secondary N) is 1. The summed E-state index contributed by atoms with van der Waals surface area (Å²) < 4.78 is 6.16. The highest BCUT2D eigenvalue weighted by Crippen LogP contribution is 2.16. The van der Waals surface area contributed by atoms with Crippen LogP contribution in [0, 0.1) is 0 Å². The topological polar surface area (TPSA) is 86.1 Å². The molecule has 0 radical (unpaired) electrons. The molecule has 0 atom stereocenters. The molecule has 106 valence electrons. The van der Waals surface area contributed by atoms with Crippen LogP contribution >= 0.6 is 0 Å². The molecule has 2 aromatic rings. The number of ether oxygens (including phenoxy) is 1. The monoisotopic (exact) mass is 276 g/mol. The number of rotatable bonds is 5. The molecule has 7 heteroatoms. The van der Waals surface area contributed by atoms with Crippen molar-refractivity contribution in [2.75, 3.05) is 13.7 Å². The van der Waals surface area contributed by atoms with Crippen molar-refractivity contribution in [2.24, 2.45) is 0 Å². The van der Waals surface area contributed by atoms with Gasteiger partial charge in [-0.25, -0.2) is 14.5 Å². The lowest BCUT2D eigenvalue weighted by atomic mass is 10.2. The molecular weight excluding hydrogens is 260 g/mol. The van der Waals surface area contributed by atoms with E-state index in [0.29, 0.717) is 30.9 Å². The van der Waals surface area contributed by atoms with Gasteiger partial charge in [-0.15, -0.1) is 0 Å². The first-order chi connectivity index (χ1) is 9.63. The number of carbonyl (C=O) groups excluding carboxylic acids is 2. The number of Topliss-reactive ketones (excluding diaryl/α,β-unsaturated/α-hetero) is 1. The average Bonchev–Trinajstić information content (AvgIpc) is 2.82. The molecule has 7 nitrogen and oxygen atoms in total. The average molecular weight is 276 g/mol. The fraction of sp³-hybridized carbons (Fsp3) is 0.385. The van der Waals surface area contributed by atoms with Crippen molar-refractivity contribution in [1.29, 1.82) is 0 Å². The van der Waals surface area contributed by atoms with Crippen LogP contribution in [0.2, 0.25) is 0 Å². The molecule has 2 rings (SSSR count). The third kappa shape index (κ3) is 2.93. The molecule has 1 amide bonds. The first-order valence-electron chi connectivity index (χ1n) is 6.27. The van der Waals surface area contributed by atoms with Gasteiger partial charge < -0.3 is 10.1 Å². The number of aromatic nitrogens is 3. The van der Waals surface area contributed by atoms with E-state index in [1.54, 1.807) is 16.9 Å². The molecule has 20 heavy (non-hydrogen) atoms. The van der Waals surface area contributed by atoms with E-state index in [9.17, 15) is 9.59 Å². The molecule has 1 N–H and O–H groups in total. The minimum absolute atomic E-state index is 0.0885. The van der Waals surface area contributed by atoms with Gasteiger partial charge in [-0.1, -0.05) is 0 Å². The SMILES string of the molecule is COC(=O)NCCCn1nc(C(C)=O)c2cccnc21. The van der Waals surface area contributed by atoms with Crippen LogP contribution in [-0.2, 0) is 11.3 Å². The van der Waals surface area contributed by atoms with Crippen molar-refractivity contribution in [1.82, 2.24) is 20.1 Å². The van der Waals surface area contributed by atoms with Gasteiger partial charge in [0.25, 0.3) is 0 Å². The number of alkyl carbamates (subject to hydrolysis) is 1. The molecule has 0 unspecified atom stereocenters. The second kappa shape index (κ2) is 6.14. The molecule has 0 spiro atoms. The fourth-order valence-corrected chi connectivity index (χ4v) is 1.92. The van der Waals surface area contributed by atoms with Crippen molar-refractivity contribution in [3.8, 4) is 0 Å². The van der Waals surface area contributed by atoms with Crippen molar-refractivity contribution < 1.29 is 14.3 Å². The Labute approximate surface area is 115 Å². The second-order valence-electron chi connectivity index (χ2n) is 4.27. The van der Waals surface area contributed by atoms with Crippen LogP contribution in [0.15, 0.2) is 18.3 Å². The van der Waals surface area contributed by atoms with Crippen molar-refractivity contribution in [3.63, 3.8) is 0 Å².